The molecular weight excluding hydrogens is 184 g/mol. The van der Waals surface area contributed by atoms with Crippen LogP contribution in [0.2, 0.25) is 0 Å². The fourth-order valence-corrected chi connectivity index (χ4v) is 1.39. The van der Waals surface area contributed by atoms with E-state index in [2.05, 4.69) is 15.9 Å². The summed E-state index contributed by atoms with van der Waals surface area (Å²) in [6.45, 7) is 0. The zero-order valence-electron chi connectivity index (χ0n) is 4.92. The zero-order chi connectivity index (χ0) is 6.85. The molecule has 0 spiro atoms. The molecule has 0 unspecified atom stereocenters. The summed E-state index contributed by atoms with van der Waals surface area (Å²) in [5, 5.41) is 18.1. The fourth-order valence-electron chi connectivity index (χ4n) is 0.854. The normalized spacial score (nSPS) is 36.1. The molecule has 9 heavy (non-hydrogen) atoms. The molecule has 0 aromatic heterocycles. The summed E-state index contributed by atoms with van der Waals surface area (Å²) in [7, 11) is 0. The number of allylic oxidation sites excluding steroid dienone is 1. The minimum absolute atomic E-state index is 0.579. The van der Waals surface area contributed by atoms with Crippen LogP contribution in [0.1, 0.15) is 12.8 Å². The number of rotatable bonds is 0. The number of hydrogen-bond acceptors (Lipinski definition) is 2. The van der Waals surface area contributed by atoms with Crippen LogP contribution in [0.4, 0.5) is 0 Å². The molecule has 0 bridgehead atoms. The highest BCUT2D eigenvalue weighted by Crippen LogP contribution is 2.22. The predicted molar refractivity (Wildman–Crippen MR) is 38.3 cm³/mol. The van der Waals surface area contributed by atoms with Gasteiger partial charge < -0.3 is 10.2 Å². The van der Waals surface area contributed by atoms with Gasteiger partial charge in [0, 0.05) is 4.48 Å². The Hall–Kier alpha value is 0.140. The lowest BCUT2D eigenvalue weighted by molar-refractivity contribution is 0.0370. The molecule has 0 heterocycles. The van der Waals surface area contributed by atoms with Crippen molar-refractivity contribution < 1.29 is 10.2 Å². The molecule has 0 saturated carbocycles. The van der Waals surface area contributed by atoms with Crippen LogP contribution in [0, 0.1) is 0 Å². The highest BCUT2D eigenvalue weighted by atomic mass is 79.9. The van der Waals surface area contributed by atoms with Crippen LogP contribution in [-0.2, 0) is 0 Å². The van der Waals surface area contributed by atoms with Gasteiger partial charge in [-0.25, -0.2) is 0 Å². The SMILES string of the molecule is O[C@@H]1CCC=C(Br)[C@H]1O. The van der Waals surface area contributed by atoms with Crippen molar-refractivity contribution in [3.05, 3.63) is 10.6 Å². The number of aliphatic hydroxyl groups is 2. The standard InChI is InChI=1S/C6H9BrO2/c7-4-2-1-3-5(8)6(4)9/h2,5-6,8-9H,1,3H2/t5-,6-/m1/s1. The number of aliphatic hydroxyl groups excluding tert-OH is 2. The highest BCUT2D eigenvalue weighted by molar-refractivity contribution is 9.11. The Balaban J connectivity index is 2.62. The first kappa shape index (κ1) is 7.25. The number of hydrogen-bond donors (Lipinski definition) is 2. The second-order valence-corrected chi connectivity index (χ2v) is 3.09. The van der Waals surface area contributed by atoms with Crippen molar-refractivity contribution in [1.82, 2.24) is 0 Å². The molecular formula is C6H9BrO2. The molecule has 1 rings (SSSR count). The second kappa shape index (κ2) is 2.82. The third kappa shape index (κ3) is 1.53. The lowest BCUT2D eigenvalue weighted by Gasteiger charge is -2.20. The van der Waals surface area contributed by atoms with E-state index in [0.717, 1.165) is 6.42 Å². The maximum Gasteiger partial charge on any atom is 0.111 e. The van der Waals surface area contributed by atoms with E-state index in [0.29, 0.717) is 10.9 Å². The molecule has 2 nitrogen and oxygen atoms in total. The molecule has 2 atom stereocenters. The first-order chi connectivity index (χ1) is 4.22. The van der Waals surface area contributed by atoms with Crippen molar-refractivity contribution in [3.8, 4) is 0 Å². The van der Waals surface area contributed by atoms with Gasteiger partial charge in [-0.1, -0.05) is 22.0 Å². The molecule has 0 aromatic carbocycles. The highest BCUT2D eigenvalue weighted by Gasteiger charge is 2.21. The van der Waals surface area contributed by atoms with Gasteiger partial charge in [-0.15, -0.1) is 0 Å². The van der Waals surface area contributed by atoms with E-state index in [9.17, 15) is 0 Å². The van der Waals surface area contributed by atoms with Crippen LogP contribution in [0.3, 0.4) is 0 Å². The van der Waals surface area contributed by atoms with Gasteiger partial charge in [0.25, 0.3) is 0 Å². The van der Waals surface area contributed by atoms with E-state index in [1.165, 1.54) is 0 Å². The van der Waals surface area contributed by atoms with E-state index in [4.69, 9.17) is 10.2 Å². The average Bonchev–Trinajstić information content (AvgIpc) is 1.83. The smallest absolute Gasteiger partial charge is 0.111 e. The monoisotopic (exact) mass is 192 g/mol. The Bertz CT molecular complexity index is 133. The van der Waals surface area contributed by atoms with Gasteiger partial charge in [0.05, 0.1) is 6.10 Å². The summed E-state index contributed by atoms with van der Waals surface area (Å²) < 4.78 is 0.709. The van der Waals surface area contributed by atoms with Crippen LogP contribution in [0.5, 0.6) is 0 Å². The first-order valence-electron chi connectivity index (χ1n) is 2.93. The summed E-state index contributed by atoms with van der Waals surface area (Å²) in [5.41, 5.74) is 0. The molecule has 3 heteroatoms. The van der Waals surface area contributed by atoms with Crippen LogP contribution in [0.25, 0.3) is 0 Å². The van der Waals surface area contributed by atoms with Crippen molar-refractivity contribution in [2.75, 3.05) is 0 Å². The maximum atomic E-state index is 9.08. The minimum atomic E-state index is -0.696. The molecule has 0 saturated heterocycles. The van der Waals surface area contributed by atoms with Crippen LogP contribution >= 0.6 is 15.9 Å². The number of halogens is 1. The van der Waals surface area contributed by atoms with Crippen molar-refractivity contribution in [1.29, 1.82) is 0 Å². The van der Waals surface area contributed by atoms with E-state index >= 15 is 0 Å². The van der Waals surface area contributed by atoms with Crippen molar-refractivity contribution in [2.45, 2.75) is 25.0 Å². The van der Waals surface area contributed by atoms with Gasteiger partial charge in [-0.3, -0.25) is 0 Å². The largest absolute Gasteiger partial charge is 0.390 e. The molecule has 0 radical (unpaired) electrons. The fraction of sp³-hybridized carbons (Fsp3) is 0.667. The first-order valence-corrected chi connectivity index (χ1v) is 3.73. The summed E-state index contributed by atoms with van der Waals surface area (Å²) in [4.78, 5) is 0. The summed E-state index contributed by atoms with van der Waals surface area (Å²) >= 11 is 3.15. The molecule has 52 valence electrons. The Morgan fingerprint density at radius 1 is 1.56 bits per heavy atom. The zero-order valence-corrected chi connectivity index (χ0v) is 6.50. The van der Waals surface area contributed by atoms with Gasteiger partial charge in [-0.05, 0) is 12.8 Å². The average molecular weight is 193 g/mol. The quantitative estimate of drug-likeness (QED) is 0.596. The van der Waals surface area contributed by atoms with Gasteiger partial charge in [0.1, 0.15) is 6.10 Å². The van der Waals surface area contributed by atoms with Crippen molar-refractivity contribution in [2.24, 2.45) is 0 Å². The molecule has 0 aromatic rings. The van der Waals surface area contributed by atoms with Crippen LogP contribution in [-0.4, -0.2) is 22.4 Å². The van der Waals surface area contributed by atoms with E-state index < -0.39 is 12.2 Å². The summed E-state index contributed by atoms with van der Waals surface area (Å²) in [6.07, 6.45) is 2.12. The van der Waals surface area contributed by atoms with Crippen molar-refractivity contribution in [3.63, 3.8) is 0 Å². The van der Waals surface area contributed by atoms with E-state index in [-0.39, 0.29) is 0 Å². The maximum absolute atomic E-state index is 9.08. The van der Waals surface area contributed by atoms with Crippen LogP contribution in [0.15, 0.2) is 10.6 Å². The third-order valence-electron chi connectivity index (χ3n) is 1.45. The molecule has 0 amide bonds. The minimum Gasteiger partial charge on any atom is -0.390 e. The van der Waals surface area contributed by atoms with Gasteiger partial charge in [-0.2, -0.15) is 0 Å². The lowest BCUT2D eigenvalue weighted by atomic mass is 10.0. The molecule has 2 N–H and O–H groups in total. The van der Waals surface area contributed by atoms with Crippen LogP contribution < -0.4 is 0 Å². The second-order valence-electron chi connectivity index (χ2n) is 2.18. The summed E-state index contributed by atoms with van der Waals surface area (Å²) in [5.74, 6) is 0. The molecule has 1 aliphatic carbocycles. The van der Waals surface area contributed by atoms with Gasteiger partial charge in [0.2, 0.25) is 0 Å². The third-order valence-corrected chi connectivity index (χ3v) is 2.24. The Morgan fingerprint density at radius 2 is 2.22 bits per heavy atom. The summed E-state index contributed by atoms with van der Waals surface area (Å²) in [6, 6.07) is 0. The van der Waals surface area contributed by atoms with Gasteiger partial charge >= 0.3 is 0 Å². The lowest BCUT2D eigenvalue weighted by Crippen LogP contribution is -2.28. The Morgan fingerprint density at radius 3 is 2.67 bits per heavy atom. The molecule has 1 aliphatic rings. The van der Waals surface area contributed by atoms with E-state index in [1.54, 1.807) is 0 Å². The van der Waals surface area contributed by atoms with Gasteiger partial charge in [0.15, 0.2) is 0 Å². The Labute approximate surface area is 62.3 Å². The topological polar surface area (TPSA) is 40.5 Å². The Kier molecular flexibility index (Phi) is 2.27. The van der Waals surface area contributed by atoms with E-state index in [1.807, 2.05) is 6.08 Å². The molecule has 0 fully saturated rings. The predicted octanol–water partition coefficient (Wildman–Crippen LogP) is 0.781. The van der Waals surface area contributed by atoms with Crippen molar-refractivity contribution >= 4 is 15.9 Å². The molecule has 0 aliphatic heterocycles.